The number of halogens is 7. The molecule has 48 heavy (non-hydrogen) atoms. The van der Waals surface area contributed by atoms with Gasteiger partial charge in [-0.2, -0.15) is 22.0 Å². The average Bonchev–Trinajstić information content (AvgIpc) is 3.53. The van der Waals surface area contributed by atoms with Crippen LogP contribution in [0.3, 0.4) is 0 Å². The zero-order valence-corrected chi connectivity index (χ0v) is 26.2. The average molecular weight is 702 g/mol. The molecule has 3 atom stereocenters. The number of aliphatic carboxylic acids is 1. The fourth-order valence-corrected chi connectivity index (χ4v) is 7.21. The zero-order valence-electron chi connectivity index (χ0n) is 25.4. The Morgan fingerprint density at radius 1 is 1.10 bits per heavy atom. The molecule has 0 saturated carbocycles. The van der Waals surface area contributed by atoms with Crippen LogP contribution >= 0.6 is 11.3 Å². The molecule has 0 spiro atoms. The molecule has 3 aromatic rings. The predicted octanol–water partition coefficient (Wildman–Crippen LogP) is 6.80. The van der Waals surface area contributed by atoms with Gasteiger partial charge in [-0.05, 0) is 54.7 Å². The molecule has 0 radical (unpaired) electrons. The summed E-state index contributed by atoms with van der Waals surface area (Å²) in [4.78, 5) is 46.4. The molecular formula is C32H30F7N3O5S. The first-order valence-electron chi connectivity index (χ1n) is 15.0. The van der Waals surface area contributed by atoms with Gasteiger partial charge in [0, 0.05) is 37.2 Å². The summed E-state index contributed by atoms with van der Waals surface area (Å²) in [7, 11) is 0. The molecule has 2 aromatic heterocycles. The van der Waals surface area contributed by atoms with Crippen LogP contribution in [0.4, 0.5) is 30.7 Å². The van der Waals surface area contributed by atoms with Crippen molar-refractivity contribution in [3.05, 3.63) is 81.1 Å². The molecule has 8 nitrogen and oxygen atoms in total. The SMILES string of the molecule is CCC[C@H]1N(C(=O)c2ncccc2C(F)(F)CF)CCC[C@@]1(Oc1csc(C(F)(F)F)c1)C(=O)N1CCc2cc(F)ccc2C1C(=O)O. The number of rotatable bonds is 9. The van der Waals surface area contributed by atoms with Crippen molar-refractivity contribution in [1.82, 2.24) is 14.8 Å². The molecule has 258 valence electrons. The number of amides is 2. The highest BCUT2D eigenvalue weighted by molar-refractivity contribution is 7.10. The Bertz CT molecular complexity index is 1700. The molecule has 0 bridgehead atoms. The van der Waals surface area contributed by atoms with Crippen molar-refractivity contribution in [2.24, 2.45) is 0 Å². The van der Waals surface area contributed by atoms with Crippen LogP contribution in [0.1, 0.15) is 70.7 Å². The predicted molar refractivity (Wildman–Crippen MR) is 158 cm³/mol. The van der Waals surface area contributed by atoms with Gasteiger partial charge in [-0.15, -0.1) is 11.3 Å². The smallest absolute Gasteiger partial charge is 0.425 e. The number of likely N-dealkylation sites (tertiary alicyclic amines) is 1. The number of carboxylic acid groups (broad SMARTS) is 1. The number of ether oxygens (including phenoxy) is 1. The summed E-state index contributed by atoms with van der Waals surface area (Å²) in [6.07, 6.45) is -3.61. The number of benzene rings is 1. The van der Waals surface area contributed by atoms with Crippen molar-refractivity contribution in [1.29, 1.82) is 0 Å². The number of fused-ring (bicyclic) bond motifs is 1. The first kappa shape index (κ1) is 35.1. The van der Waals surface area contributed by atoms with Crippen molar-refractivity contribution < 1.29 is 55.0 Å². The molecule has 1 unspecified atom stereocenters. The maximum atomic E-state index is 14.9. The maximum absolute atomic E-state index is 14.9. The van der Waals surface area contributed by atoms with Gasteiger partial charge < -0.3 is 19.6 Å². The van der Waals surface area contributed by atoms with E-state index < -0.39 is 76.2 Å². The molecule has 5 rings (SSSR count). The Morgan fingerprint density at radius 2 is 1.85 bits per heavy atom. The van der Waals surface area contributed by atoms with E-state index >= 15 is 0 Å². The van der Waals surface area contributed by atoms with Gasteiger partial charge in [0.25, 0.3) is 11.8 Å². The molecule has 0 aliphatic carbocycles. The minimum atomic E-state index is -4.75. The number of hydrogen-bond acceptors (Lipinski definition) is 6. The molecule has 2 amide bonds. The van der Waals surface area contributed by atoms with Crippen LogP contribution in [0, 0.1) is 5.82 Å². The van der Waals surface area contributed by atoms with E-state index in [-0.39, 0.29) is 56.5 Å². The molecule has 2 aliphatic rings. The second-order valence-corrected chi connectivity index (χ2v) is 12.5. The molecule has 1 aromatic carbocycles. The number of carbonyl (C=O) groups is 3. The van der Waals surface area contributed by atoms with Crippen LogP contribution in [-0.4, -0.2) is 69.1 Å². The quantitative estimate of drug-likeness (QED) is 0.247. The van der Waals surface area contributed by atoms with E-state index in [1.165, 1.54) is 6.07 Å². The fraction of sp³-hybridized carbons (Fsp3) is 0.438. The van der Waals surface area contributed by atoms with Gasteiger partial charge in [-0.25, -0.2) is 13.6 Å². The lowest BCUT2D eigenvalue weighted by molar-refractivity contribution is -0.168. The number of piperidine rings is 1. The highest BCUT2D eigenvalue weighted by Gasteiger charge is 2.57. The number of pyridine rings is 1. The second-order valence-electron chi connectivity index (χ2n) is 11.6. The minimum Gasteiger partial charge on any atom is -0.479 e. The number of thiophene rings is 1. The van der Waals surface area contributed by atoms with Gasteiger partial charge in [-0.3, -0.25) is 14.6 Å². The summed E-state index contributed by atoms with van der Waals surface area (Å²) in [5.41, 5.74) is -3.50. The number of nitrogens with zero attached hydrogens (tertiary/aromatic N) is 3. The van der Waals surface area contributed by atoms with Gasteiger partial charge in [0.05, 0.1) is 11.6 Å². The molecule has 2 aliphatic heterocycles. The Balaban J connectivity index is 1.65. The third-order valence-electron chi connectivity index (χ3n) is 8.60. The number of carboxylic acids is 1. The van der Waals surface area contributed by atoms with Crippen LogP contribution in [0.25, 0.3) is 0 Å². The van der Waals surface area contributed by atoms with Gasteiger partial charge >= 0.3 is 18.1 Å². The number of hydrogen-bond donors (Lipinski definition) is 1. The Morgan fingerprint density at radius 3 is 2.50 bits per heavy atom. The summed E-state index contributed by atoms with van der Waals surface area (Å²) >= 11 is 0.300. The summed E-state index contributed by atoms with van der Waals surface area (Å²) in [5, 5.41) is 11.3. The zero-order chi connectivity index (χ0) is 35.0. The lowest BCUT2D eigenvalue weighted by atomic mass is 9.78. The van der Waals surface area contributed by atoms with Crippen LogP contribution in [0.5, 0.6) is 5.75 Å². The van der Waals surface area contributed by atoms with Gasteiger partial charge in [0.2, 0.25) is 5.60 Å². The highest BCUT2D eigenvalue weighted by Crippen LogP contribution is 2.44. The molecule has 4 heterocycles. The standard InChI is InChI=1S/C32H30F7N3O5S/c1-2-5-23-30(47-20-15-24(48-16-20)32(37,38)39,29(46)42-13-9-18-14-19(34)7-8-21(18)26(42)28(44)45)10-4-12-41(23)27(43)25-22(6-3-11-40-25)31(35,36)17-33/h3,6-8,11,14-16,23,26H,2,4-5,9-10,12-13,17H2,1H3,(H,44,45)/t23-,26?,30+/m1/s1. The Kier molecular flexibility index (Phi) is 9.77. The highest BCUT2D eigenvalue weighted by atomic mass is 32.1. The van der Waals surface area contributed by atoms with Crippen molar-refractivity contribution in [2.75, 3.05) is 19.8 Å². The molecular weight excluding hydrogens is 671 g/mol. The topological polar surface area (TPSA) is 100 Å². The van der Waals surface area contributed by atoms with Crippen LogP contribution in [0.2, 0.25) is 0 Å². The fourth-order valence-electron chi connectivity index (χ4n) is 6.54. The number of alkyl halides is 6. The molecule has 1 fully saturated rings. The Labute approximate surface area is 274 Å². The van der Waals surface area contributed by atoms with Crippen molar-refractivity contribution in [2.45, 2.75) is 68.8 Å². The van der Waals surface area contributed by atoms with E-state index in [2.05, 4.69) is 4.98 Å². The normalized spacial score (nSPS) is 21.5. The first-order chi connectivity index (χ1) is 22.6. The number of carbonyl (C=O) groups excluding carboxylic acids is 2. The van der Waals surface area contributed by atoms with E-state index in [0.717, 1.165) is 45.6 Å². The number of aromatic nitrogens is 1. The first-order valence-corrected chi connectivity index (χ1v) is 15.9. The summed E-state index contributed by atoms with van der Waals surface area (Å²) < 4.78 is 104. The summed E-state index contributed by atoms with van der Waals surface area (Å²) in [5.74, 6) is -8.59. The largest absolute Gasteiger partial charge is 0.479 e. The van der Waals surface area contributed by atoms with Gasteiger partial charge in [0.15, 0.2) is 12.7 Å². The lowest BCUT2D eigenvalue weighted by Gasteiger charge is -2.51. The van der Waals surface area contributed by atoms with E-state index in [4.69, 9.17) is 4.74 Å². The van der Waals surface area contributed by atoms with E-state index in [0.29, 0.717) is 23.0 Å². The van der Waals surface area contributed by atoms with Crippen LogP contribution < -0.4 is 4.74 Å². The van der Waals surface area contributed by atoms with Crippen LogP contribution in [0.15, 0.2) is 48.0 Å². The summed E-state index contributed by atoms with van der Waals surface area (Å²) in [6.45, 7) is -0.788. The van der Waals surface area contributed by atoms with Crippen molar-refractivity contribution in [3.8, 4) is 5.75 Å². The minimum absolute atomic E-state index is 0.0109. The monoisotopic (exact) mass is 701 g/mol. The van der Waals surface area contributed by atoms with Crippen molar-refractivity contribution >= 4 is 29.1 Å². The third kappa shape index (κ3) is 6.45. The second kappa shape index (κ2) is 13.4. The molecule has 1 saturated heterocycles. The lowest BCUT2D eigenvalue weighted by Crippen LogP contribution is -2.69. The van der Waals surface area contributed by atoms with Gasteiger partial charge in [0.1, 0.15) is 22.1 Å². The van der Waals surface area contributed by atoms with Crippen molar-refractivity contribution in [3.63, 3.8) is 0 Å². The maximum Gasteiger partial charge on any atom is 0.425 e. The Hall–Kier alpha value is -4.21. The third-order valence-corrected chi connectivity index (χ3v) is 9.56. The van der Waals surface area contributed by atoms with Gasteiger partial charge in [-0.1, -0.05) is 19.4 Å². The van der Waals surface area contributed by atoms with E-state index in [1.54, 1.807) is 6.92 Å². The van der Waals surface area contributed by atoms with Crippen LogP contribution in [-0.2, 0) is 28.1 Å². The summed E-state index contributed by atoms with van der Waals surface area (Å²) in [6, 6.07) is 3.11. The van der Waals surface area contributed by atoms with E-state index in [9.17, 15) is 50.2 Å². The molecule has 1 N–H and O–H groups in total. The van der Waals surface area contributed by atoms with E-state index in [1.807, 2.05) is 0 Å². The molecule has 16 heteroatoms.